The second-order valence-electron chi connectivity index (χ2n) is 4.83. The summed E-state index contributed by atoms with van der Waals surface area (Å²) in [6.07, 6.45) is 1.09. The third-order valence-corrected chi connectivity index (χ3v) is 3.63. The maximum absolute atomic E-state index is 6.01. The highest BCUT2D eigenvalue weighted by molar-refractivity contribution is 6.30. The molecule has 19 heavy (non-hydrogen) atoms. The molecule has 1 N–H and O–H groups in total. The van der Waals surface area contributed by atoms with Crippen LogP contribution in [0, 0.1) is 0 Å². The first-order valence-electron chi connectivity index (χ1n) is 6.75. The molecule has 0 radical (unpaired) electrons. The van der Waals surface area contributed by atoms with Gasteiger partial charge in [-0.1, -0.05) is 54.9 Å². The van der Waals surface area contributed by atoms with Crippen LogP contribution in [0.1, 0.15) is 36.6 Å². The first-order valence-corrected chi connectivity index (χ1v) is 7.13. The number of halogens is 1. The first-order chi connectivity index (χ1) is 9.19. The fourth-order valence-electron chi connectivity index (χ4n) is 2.06. The molecular formula is C17H20ClN. The molecule has 0 saturated heterocycles. The van der Waals surface area contributed by atoms with E-state index in [4.69, 9.17) is 11.6 Å². The SMILES string of the molecule is CCc1ccc(CNC(C)c2cccc(Cl)c2)cc1. The summed E-state index contributed by atoms with van der Waals surface area (Å²) < 4.78 is 0. The molecule has 2 heteroatoms. The van der Waals surface area contributed by atoms with Crippen molar-refractivity contribution in [2.75, 3.05) is 0 Å². The average Bonchev–Trinajstić information content (AvgIpc) is 2.45. The van der Waals surface area contributed by atoms with E-state index in [0.29, 0.717) is 6.04 Å². The van der Waals surface area contributed by atoms with E-state index in [0.717, 1.165) is 18.0 Å². The second kappa shape index (κ2) is 6.74. The summed E-state index contributed by atoms with van der Waals surface area (Å²) in [4.78, 5) is 0. The minimum atomic E-state index is 0.296. The van der Waals surface area contributed by atoms with Crippen molar-refractivity contribution in [3.63, 3.8) is 0 Å². The number of nitrogens with one attached hydrogen (secondary N) is 1. The van der Waals surface area contributed by atoms with Gasteiger partial charge in [0.25, 0.3) is 0 Å². The molecule has 100 valence electrons. The van der Waals surface area contributed by atoms with Crippen LogP contribution in [0.15, 0.2) is 48.5 Å². The maximum atomic E-state index is 6.01. The Morgan fingerprint density at radius 1 is 1.05 bits per heavy atom. The van der Waals surface area contributed by atoms with Gasteiger partial charge in [-0.15, -0.1) is 0 Å². The highest BCUT2D eigenvalue weighted by Gasteiger charge is 2.05. The fraction of sp³-hybridized carbons (Fsp3) is 0.294. The molecule has 0 saturated carbocycles. The zero-order chi connectivity index (χ0) is 13.7. The van der Waals surface area contributed by atoms with Gasteiger partial charge in [-0.3, -0.25) is 0 Å². The average molecular weight is 274 g/mol. The highest BCUT2D eigenvalue weighted by Crippen LogP contribution is 2.17. The lowest BCUT2D eigenvalue weighted by Crippen LogP contribution is -2.18. The van der Waals surface area contributed by atoms with Crippen LogP contribution >= 0.6 is 11.6 Å². The van der Waals surface area contributed by atoms with Gasteiger partial charge in [0.05, 0.1) is 0 Å². The summed E-state index contributed by atoms with van der Waals surface area (Å²) in [5.74, 6) is 0. The number of hydrogen-bond acceptors (Lipinski definition) is 1. The van der Waals surface area contributed by atoms with Crippen molar-refractivity contribution in [3.05, 3.63) is 70.2 Å². The van der Waals surface area contributed by atoms with E-state index in [1.807, 2.05) is 18.2 Å². The van der Waals surface area contributed by atoms with Crippen molar-refractivity contribution >= 4 is 11.6 Å². The second-order valence-corrected chi connectivity index (χ2v) is 5.26. The van der Waals surface area contributed by atoms with E-state index >= 15 is 0 Å². The topological polar surface area (TPSA) is 12.0 Å². The Kier molecular flexibility index (Phi) is 5.00. The lowest BCUT2D eigenvalue weighted by atomic mass is 10.1. The molecule has 1 nitrogen and oxygen atoms in total. The van der Waals surface area contributed by atoms with Crippen LogP contribution in [-0.4, -0.2) is 0 Å². The minimum absolute atomic E-state index is 0.296. The predicted octanol–water partition coefficient (Wildman–Crippen LogP) is 4.75. The minimum Gasteiger partial charge on any atom is -0.306 e. The largest absolute Gasteiger partial charge is 0.306 e. The molecular weight excluding hydrogens is 254 g/mol. The third-order valence-electron chi connectivity index (χ3n) is 3.39. The van der Waals surface area contributed by atoms with Gasteiger partial charge < -0.3 is 5.32 Å². The van der Waals surface area contributed by atoms with Gasteiger partial charge in [0.15, 0.2) is 0 Å². The molecule has 0 aliphatic heterocycles. The van der Waals surface area contributed by atoms with Crippen LogP contribution in [0.25, 0.3) is 0 Å². The Balaban J connectivity index is 1.94. The van der Waals surface area contributed by atoms with Gasteiger partial charge in [0, 0.05) is 17.6 Å². The Bertz CT molecular complexity index is 519. The van der Waals surface area contributed by atoms with Gasteiger partial charge in [0.1, 0.15) is 0 Å². The van der Waals surface area contributed by atoms with Crippen LogP contribution in [0.4, 0.5) is 0 Å². The quantitative estimate of drug-likeness (QED) is 0.829. The van der Waals surface area contributed by atoms with Crippen LogP contribution in [0.3, 0.4) is 0 Å². The van der Waals surface area contributed by atoms with Gasteiger partial charge in [-0.2, -0.15) is 0 Å². The van der Waals surface area contributed by atoms with Crippen molar-refractivity contribution in [2.24, 2.45) is 0 Å². The zero-order valence-electron chi connectivity index (χ0n) is 11.5. The van der Waals surface area contributed by atoms with Gasteiger partial charge in [0.2, 0.25) is 0 Å². The summed E-state index contributed by atoms with van der Waals surface area (Å²) in [5.41, 5.74) is 3.91. The van der Waals surface area contributed by atoms with Crippen molar-refractivity contribution in [1.82, 2.24) is 5.32 Å². The molecule has 0 fully saturated rings. The molecule has 0 heterocycles. The molecule has 0 bridgehead atoms. The monoisotopic (exact) mass is 273 g/mol. The van der Waals surface area contributed by atoms with Gasteiger partial charge in [-0.25, -0.2) is 0 Å². The smallest absolute Gasteiger partial charge is 0.0409 e. The standard InChI is InChI=1S/C17H20ClN/c1-3-14-7-9-15(10-8-14)12-19-13(2)16-5-4-6-17(18)11-16/h4-11,13,19H,3,12H2,1-2H3. The number of benzene rings is 2. The summed E-state index contributed by atoms with van der Waals surface area (Å²) in [7, 11) is 0. The Labute approximate surface area is 120 Å². The summed E-state index contributed by atoms with van der Waals surface area (Å²) in [6.45, 7) is 5.21. The van der Waals surface area contributed by atoms with Crippen LogP contribution < -0.4 is 5.32 Å². The highest BCUT2D eigenvalue weighted by atomic mass is 35.5. The molecule has 2 aromatic carbocycles. The Hall–Kier alpha value is -1.31. The van der Waals surface area contributed by atoms with Crippen molar-refractivity contribution in [3.8, 4) is 0 Å². The van der Waals surface area contributed by atoms with E-state index in [2.05, 4.69) is 49.5 Å². The first kappa shape index (κ1) is 14.1. The van der Waals surface area contributed by atoms with Crippen molar-refractivity contribution in [1.29, 1.82) is 0 Å². The van der Waals surface area contributed by atoms with E-state index in [1.54, 1.807) is 0 Å². The molecule has 0 aliphatic rings. The predicted molar refractivity (Wildman–Crippen MR) is 82.5 cm³/mol. The van der Waals surface area contributed by atoms with Crippen molar-refractivity contribution < 1.29 is 0 Å². The van der Waals surface area contributed by atoms with Crippen molar-refractivity contribution in [2.45, 2.75) is 32.9 Å². The van der Waals surface area contributed by atoms with Crippen LogP contribution in [-0.2, 0) is 13.0 Å². The van der Waals surface area contributed by atoms with Gasteiger partial charge in [-0.05, 0) is 42.2 Å². The number of aryl methyl sites for hydroxylation is 1. The molecule has 0 spiro atoms. The van der Waals surface area contributed by atoms with Crippen LogP contribution in [0.5, 0.6) is 0 Å². The lowest BCUT2D eigenvalue weighted by molar-refractivity contribution is 0.574. The molecule has 2 aromatic rings. The lowest BCUT2D eigenvalue weighted by Gasteiger charge is -2.14. The molecule has 0 aromatic heterocycles. The molecule has 0 aliphatic carbocycles. The molecule has 1 atom stereocenters. The number of hydrogen-bond donors (Lipinski definition) is 1. The van der Waals surface area contributed by atoms with E-state index in [9.17, 15) is 0 Å². The van der Waals surface area contributed by atoms with Crippen LogP contribution in [0.2, 0.25) is 5.02 Å². The van der Waals surface area contributed by atoms with Gasteiger partial charge >= 0.3 is 0 Å². The van der Waals surface area contributed by atoms with E-state index in [1.165, 1.54) is 16.7 Å². The zero-order valence-corrected chi connectivity index (χ0v) is 12.2. The molecule has 1 unspecified atom stereocenters. The fourth-order valence-corrected chi connectivity index (χ4v) is 2.26. The van der Waals surface area contributed by atoms with E-state index < -0.39 is 0 Å². The Morgan fingerprint density at radius 2 is 1.74 bits per heavy atom. The summed E-state index contributed by atoms with van der Waals surface area (Å²) in [5, 5.41) is 4.31. The van der Waals surface area contributed by atoms with E-state index in [-0.39, 0.29) is 0 Å². The maximum Gasteiger partial charge on any atom is 0.0409 e. The summed E-state index contributed by atoms with van der Waals surface area (Å²) in [6, 6.07) is 17.1. The molecule has 2 rings (SSSR count). The number of rotatable bonds is 5. The third kappa shape index (κ3) is 4.09. The summed E-state index contributed by atoms with van der Waals surface area (Å²) >= 11 is 6.01. The Morgan fingerprint density at radius 3 is 2.37 bits per heavy atom. The normalized spacial score (nSPS) is 12.4. The molecule has 0 amide bonds.